The molecule has 2 saturated heterocycles. The zero-order chi connectivity index (χ0) is 14.7. The predicted octanol–water partition coefficient (Wildman–Crippen LogP) is 2.04. The van der Waals surface area contributed by atoms with Crippen molar-refractivity contribution in [3.05, 3.63) is 23.8 Å². The molecule has 2 fully saturated rings. The minimum Gasteiger partial charge on any atom is -0.493 e. The number of hydrogen-bond donors (Lipinski definition) is 0. The van der Waals surface area contributed by atoms with E-state index in [9.17, 15) is 0 Å². The van der Waals surface area contributed by atoms with Crippen LogP contribution >= 0.6 is 0 Å². The maximum Gasteiger partial charge on any atom is 0.170 e. The Labute approximate surface area is 125 Å². The van der Waals surface area contributed by atoms with Crippen molar-refractivity contribution in [3.63, 3.8) is 0 Å². The molecule has 0 amide bonds. The van der Waals surface area contributed by atoms with E-state index in [4.69, 9.17) is 18.9 Å². The van der Waals surface area contributed by atoms with Crippen LogP contribution in [0.25, 0.3) is 0 Å². The molecule has 2 aliphatic heterocycles. The minimum atomic E-state index is -0.298. The highest BCUT2D eigenvalue weighted by atomic mass is 16.7. The van der Waals surface area contributed by atoms with Gasteiger partial charge in [-0.2, -0.15) is 0 Å². The Bertz CT molecular complexity index is 475. The first kappa shape index (κ1) is 14.6. The summed E-state index contributed by atoms with van der Waals surface area (Å²) in [4.78, 5) is 2.43. The number of ether oxygens (including phenoxy) is 4. The fourth-order valence-corrected chi connectivity index (χ4v) is 3.07. The van der Waals surface area contributed by atoms with Gasteiger partial charge in [0.15, 0.2) is 17.3 Å². The number of likely N-dealkylation sites (tertiary alicyclic amines) is 1. The fraction of sp³-hybridized carbons (Fsp3) is 0.625. The average Bonchev–Trinajstić information content (AvgIpc) is 2.98. The zero-order valence-electron chi connectivity index (χ0n) is 12.8. The van der Waals surface area contributed by atoms with Crippen LogP contribution in [0, 0.1) is 0 Å². The molecule has 0 saturated carbocycles. The highest BCUT2D eigenvalue weighted by Crippen LogP contribution is 2.33. The largest absolute Gasteiger partial charge is 0.493 e. The molecule has 116 valence electrons. The lowest BCUT2D eigenvalue weighted by Gasteiger charge is -2.37. The van der Waals surface area contributed by atoms with Gasteiger partial charge in [0, 0.05) is 32.5 Å². The molecule has 21 heavy (non-hydrogen) atoms. The SMILES string of the molecule is COc1ccc(CN2CCC3(CC2)OCCO3)cc1OC. The molecular formula is C16H23NO4. The summed E-state index contributed by atoms with van der Waals surface area (Å²) in [7, 11) is 3.32. The second kappa shape index (κ2) is 6.22. The summed E-state index contributed by atoms with van der Waals surface area (Å²) in [6.07, 6.45) is 1.89. The summed E-state index contributed by atoms with van der Waals surface area (Å²) in [6.45, 7) is 4.37. The van der Waals surface area contributed by atoms with E-state index in [-0.39, 0.29) is 5.79 Å². The third kappa shape index (κ3) is 3.15. The molecule has 5 heteroatoms. The molecule has 0 bridgehead atoms. The normalized spacial score (nSPS) is 21.6. The highest BCUT2D eigenvalue weighted by molar-refractivity contribution is 5.42. The van der Waals surface area contributed by atoms with Crippen LogP contribution < -0.4 is 9.47 Å². The number of methoxy groups -OCH3 is 2. The molecule has 0 N–H and O–H groups in total. The van der Waals surface area contributed by atoms with Crippen molar-refractivity contribution >= 4 is 0 Å². The van der Waals surface area contributed by atoms with E-state index in [0.717, 1.165) is 57.2 Å². The molecule has 2 aliphatic rings. The van der Waals surface area contributed by atoms with Crippen molar-refractivity contribution in [1.82, 2.24) is 4.90 Å². The van der Waals surface area contributed by atoms with E-state index in [1.54, 1.807) is 14.2 Å². The first-order valence-electron chi connectivity index (χ1n) is 7.46. The van der Waals surface area contributed by atoms with E-state index >= 15 is 0 Å². The molecule has 2 heterocycles. The Balaban J connectivity index is 1.60. The Kier molecular flexibility index (Phi) is 4.33. The van der Waals surface area contributed by atoms with Crippen molar-refractivity contribution in [3.8, 4) is 11.5 Å². The Morgan fingerprint density at radius 3 is 2.33 bits per heavy atom. The monoisotopic (exact) mass is 293 g/mol. The molecule has 0 aromatic heterocycles. The van der Waals surface area contributed by atoms with Crippen molar-refractivity contribution in [2.45, 2.75) is 25.2 Å². The number of piperidine rings is 1. The van der Waals surface area contributed by atoms with Crippen LogP contribution in [0.1, 0.15) is 18.4 Å². The summed E-state index contributed by atoms with van der Waals surface area (Å²) in [5.41, 5.74) is 1.23. The van der Waals surface area contributed by atoms with Gasteiger partial charge in [-0.1, -0.05) is 6.07 Å². The Morgan fingerprint density at radius 2 is 1.71 bits per heavy atom. The van der Waals surface area contributed by atoms with Gasteiger partial charge in [-0.3, -0.25) is 4.90 Å². The van der Waals surface area contributed by atoms with Gasteiger partial charge in [-0.25, -0.2) is 0 Å². The van der Waals surface area contributed by atoms with Gasteiger partial charge in [0.05, 0.1) is 27.4 Å². The smallest absolute Gasteiger partial charge is 0.170 e. The Morgan fingerprint density at radius 1 is 1.05 bits per heavy atom. The summed E-state index contributed by atoms with van der Waals surface area (Å²) in [6, 6.07) is 6.10. The minimum absolute atomic E-state index is 0.298. The van der Waals surface area contributed by atoms with Crippen LogP contribution in [0.4, 0.5) is 0 Å². The van der Waals surface area contributed by atoms with Gasteiger partial charge in [-0.15, -0.1) is 0 Å². The third-order valence-electron chi connectivity index (χ3n) is 4.29. The average molecular weight is 293 g/mol. The zero-order valence-corrected chi connectivity index (χ0v) is 12.8. The Hall–Kier alpha value is -1.30. The summed E-state index contributed by atoms with van der Waals surface area (Å²) >= 11 is 0. The van der Waals surface area contributed by atoms with Crippen molar-refractivity contribution < 1.29 is 18.9 Å². The maximum atomic E-state index is 5.76. The van der Waals surface area contributed by atoms with Crippen LogP contribution in [0.3, 0.4) is 0 Å². The van der Waals surface area contributed by atoms with Gasteiger partial charge in [0.25, 0.3) is 0 Å². The van der Waals surface area contributed by atoms with Gasteiger partial charge in [-0.05, 0) is 17.7 Å². The van der Waals surface area contributed by atoms with Gasteiger partial charge in [0.1, 0.15) is 0 Å². The van der Waals surface area contributed by atoms with Crippen LogP contribution in [-0.4, -0.2) is 51.2 Å². The fourth-order valence-electron chi connectivity index (χ4n) is 3.07. The number of benzene rings is 1. The quantitative estimate of drug-likeness (QED) is 0.849. The van der Waals surface area contributed by atoms with Crippen molar-refractivity contribution in [2.24, 2.45) is 0 Å². The summed E-state index contributed by atoms with van der Waals surface area (Å²) < 4.78 is 22.2. The third-order valence-corrected chi connectivity index (χ3v) is 4.29. The standard InChI is InChI=1S/C16H23NO4/c1-18-14-4-3-13(11-15(14)19-2)12-17-7-5-16(6-8-17)20-9-10-21-16/h3-4,11H,5-10,12H2,1-2H3. The summed E-state index contributed by atoms with van der Waals surface area (Å²) in [5, 5.41) is 0. The molecule has 0 unspecified atom stereocenters. The van der Waals surface area contributed by atoms with Gasteiger partial charge in [0.2, 0.25) is 0 Å². The molecule has 1 aromatic carbocycles. The molecule has 5 nitrogen and oxygen atoms in total. The molecule has 3 rings (SSSR count). The van der Waals surface area contributed by atoms with Crippen molar-refractivity contribution in [2.75, 3.05) is 40.5 Å². The van der Waals surface area contributed by atoms with Crippen LogP contribution in [0.2, 0.25) is 0 Å². The molecule has 0 radical (unpaired) electrons. The van der Waals surface area contributed by atoms with E-state index in [1.807, 2.05) is 12.1 Å². The lowest BCUT2D eigenvalue weighted by Crippen LogP contribution is -2.44. The number of rotatable bonds is 4. The van der Waals surface area contributed by atoms with E-state index in [1.165, 1.54) is 5.56 Å². The van der Waals surface area contributed by atoms with Crippen molar-refractivity contribution in [1.29, 1.82) is 0 Å². The van der Waals surface area contributed by atoms with E-state index in [2.05, 4.69) is 11.0 Å². The topological polar surface area (TPSA) is 40.2 Å². The molecule has 1 spiro atoms. The lowest BCUT2D eigenvalue weighted by molar-refractivity contribution is -0.185. The van der Waals surface area contributed by atoms with E-state index < -0.39 is 0 Å². The lowest BCUT2D eigenvalue weighted by atomic mass is 10.0. The maximum absolute atomic E-state index is 5.76. The molecule has 1 aromatic rings. The molecular weight excluding hydrogens is 270 g/mol. The highest BCUT2D eigenvalue weighted by Gasteiger charge is 2.39. The van der Waals surface area contributed by atoms with Gasteiger partial charge < -0.3 is 18.9 Å². The first-order chi connectivity index (χ1) is 10.2. The number of nitrogens with zero attached hydrogens (tertiary/aromatic N) is 1. The van der Waals surface area contributed by atoms with Crippen LogP contribution in [-0.2, 0) is 16.0 Å². The molecule has 0 atom stereocenters. The first-order valence-corrected chi connectivity index (χ1v) is 7.46. The molecule has 0 aliphatic carbocycles. The van der Waals surface area contributed by atoms with E-state index in [0.29, 0.717) is 0 Å². The van der Waals surface area contributed by atoms with Gasteiger partial charge >= 0.3 is 0 Å². The summed E-state index contributed by atoms with van der Waals surface area (Å²) in [5.74, 6) is 1.26. The second-order valence-corrected chi connectivity index (χ2v) is 5.57. The predicted molar refractivity (Wildman–Crippen MR) is 78.7 cm³/mol. The second-order valence-electron chi connectivity index (χ2n) is 5.57. The van der Waals surface area contributed by atoms with Crippen LogP contribution in [0.5, 0.6) is 11.5 Å². The number of hydrogen-bond acceptors (Lipinski definition) is 5. The van der Waals surface area contributed by atoms with Crippen LogP contribution in [0.15, 0.2) is 18.2 Å².